The van der Waals surface area contributed by atoms with Gasteiger partial charge in [-0.3, -0.25) is 4.79 Å². The predicted molar refractivity (Wildman–Crippen MR) is 125 cm³/mol. The summed E-state index contributed by atoms with van der Waals surface area (Å²) in [5, 5.41) is 1.65. The molecule has 0 unspecified atom stereocenters. The number of aryl methyl sites for hydroxylation is 1. The third-order valence-electron chi connectivity index (χ3n) is 6.58. The molecule has 1 aliphatic rings. The molecular weight excluding hydrogens is 423 g/mol. The minimum absolute atomic E-state index is 0.0610. The standard InChI is InChI=1S/C26H25FN2O4/c1-16-19(7-8-25(30)29-11-9-28(2)10-12-29)26(31)33-24-14-23-21(13-20(16)24)22(15-32-23)17-3-5-18(27)6-4-17/h3-6,13-15H,7-12H2,1-2H3. The molecular formula is C26H25FN2O4. The Morgan fingerprint density at radius 2 is 1.76 bits per heavy atom. The Labute approximate surface area is 190 Å². The van der Waals surface area contributed by atoms with E-state index in [-0.39, 0.29) is 18.1 Å². The second-order valence-electron chi connectivity index (χ2n) is 8.68. The molecule has 0 atom stereocenters. The summed E-state index contributed by atoms with van der Waals surface area (Å²) < 4.78 is 24.7. The Morgan fingerprint density at radius 3 is 2.48 bits per heavy atom. The molecule has 3 heterocycles. The van der Waals surface area contributed by atoms with Gasteiger partial charge in [-0.25, -0.2) is 9.18 Å². The van der Waals surface area contributed by atoms with Gasteiger partial charge in [0.15, 0.2) is 0 Å². The second kappa shape index (κ2) is 8.48. The monoisotopic (exact) mass is 448 g/mol. The lowest BCUT2D eigenvalue weighted by molar-refractivity contribution is -0.132. The number of carbonyl (C=O) groups excluding carboxylic acids is 1. The first kappa shape index (κ1) is 21.4. The molecule has 2 aromatic carbocycles. The average Bonchev–Trinajstić information content (AvgIpc) is 3.21. The Hall–Kier alpha value is -3.45. The largest absolute Gasteiger partial charge is 0.464 e. The molecule has 1 amide bonds. The van der Waals surface area contributed by atoms with Gasteiger partial charge in [-0.2, -0.15) is 0 Å². The van der Waals surface area contributed by atoms with Crippen LogP contribution >= 0.6 is 0 Å². The number of hydrogen-bond donors (Lipinski definition) is 0. The van der Waals surface area contributed by atoms with E-state index in [1.165, 1.54) is 12.1 Å². The molecule has 0 saturated carbocycles. The molecule has 33 heavy (non-hydrogen) atoms. The number of furan rings is 1. The fourth-order valence-corrected chi connectivity index (χ4v) is 4.50. The van der Waals surface area contributed by atoms with Gasteiger partial charge in [0.1, 0.15) is 17.0 Å². The van der Waals surface area contributed by atoms with Crippen LogP contribution in [0.5, 0.6) is 0 Å². The highest BCUT2D eigenvalue weighted by Crippen LogP contribution is 2.34. The minimum atomic E-state index is -0.421. The molecule has 1 aliphatic heterocycles. The molecule has 5 rings (SSSR count). The number of rotatable bonds is 4. The van der Waals surface area contributed by atoms with Crippen molar-refractivity contribution in [1.82, 2.24) is 9.80 Å². The Kier molecular flexibility index (Phi) is 5.50. The predicted octanol–water partition coefficient (Wildman–Crippen LogP) is 4.36. The number of halogens is 1. The van der Waals surface area contributed by atoms with Crippen LogP contribution in [0.1, 0.15) is 17.5 Å². The van der Waals surface area contributed by atoms with Crippen molar-refractivity contribution in [3.8, 4) is 11.1 Å². The minimum Gasteiger partial charge on any atom is -0.464 e. The summed E-state index contributed by atoms with van der Waals surface area (Å²) in [6.45, 7) is 5.04. The van der Waals surface area contributed by atoms with Crippen molar-refractivity contribution in [3.63, 3.8) is 0 Å². The lowest BCUT2D eigenvalue weighted by atomic mass is 9.98. The van der Waals surface area contributed by atoms with Crippen LogP contribution in [-0.2, 0) is 11.2 Å². The summed E-state index contributed by atoms with van der Waals surface area (Å²) in [5.41, 5.74) is 3.61. The molecule has 0 aliphatic carbocycles. The zero-order chi connectivity index (χ0) is 23.1. The number of carbonyl (C=O) groups is 1. The van der Waals surface area contributed by atoms with Crippen LogP contribution in [0.25, 0.3) is 33.1 Å². The molecule has 170 valence electrons. The number of piperazine rings is 1. The summed E-state index contributed by atoms with van der Waals surface area (Å²) in [6.07, 6.45) is 2.24. The van der Waals surface area contributed by atoms with Gasteiger partial charge in [-0.05, 0) is 49.7 Å². The van der Waals surface area contributed by atoms with Gasteiger partial charge < -0.3 is 18.6 Å². The maximum atomic E-state index is 13.4. The first-order valence-corrected chi connectivity index (χ1v) is 11.1. The number of nitrogens with zero attached hydrogens (tertiary/aromatic N) is 2. The molecule has 0 N–H and O–H groups in total. The lowest BCUT2D eigenvalue weighted by Crippen LogP contribution is -2.47. The van der Waals surface area contributed by atoms with Crippen molar-refractivity contribution in [2.24, 2.45) is 0 Å². The Balaban J connectivity index is 1.48. The van der Waals surface area contributed by atoms with Gasteiger partial charge >= 0.3 is 5.63 Å². The zero-order valence-corrected chi connectivity index (χ0v) is 18.7. The summed E-state index contributed by atoms with van der Waals surface area (Å²) in [5.74, 6) is -0.240. The van der Waals surface area contributed by atoms with Crippen molar-refractivity contribution in [1.29, 1.82) is 0 Å². The van der Waals surface area contributed by atoms with Crippen molar-refractivity contribution in [2.75, 3.05) is 33.2 Å². The average molecular weight is 448 g/mol. The SMILES string of the molecule is Cc1c(CCC(=O)N2CCN(C)CC2)c(=O)oc2cc3occ(-c4ccc(F)cc4)c3cc12. The fraction of sp³-hybridized carbons (Fsp3) is 0.308. The van der Waals surface area contributed by atoms with E-state index < -0.39 is 5.63 Å². The van der Waals surface area contributed by atoms with Gasteiger partial charge in [-0.1, -0.05) is 12.1 Å². The molecule has 0 radical (unpaired) electrons. The van der Waals surface area contributed by atoms with E-state index in [2.05, 4.69) is 4.90 Å². The van der Waals surface area contributed by atoms with Crippen molar-refractivity contribution in [2.45, 2.75) is 19.8 Å². The topological polar surface area (TPSA) is 66.9 Å². The fourth-order valence-electron chi connectivity index (χ4n) is 4.50. The second-order valence-corrected chi connectivity index (χ2v) is 8.68. The maximum absolute atomic E-state index is 13.4. The zero-order valence-electron chi connectivity index (χ0n) is 18.7. The molecule has 6 nitrogen and oxygen atoms in total. The van der Waals surface area contributed by atoms with Gasteiger partial charge in [0.25, 0.3) is 0 Å². The van der Waals surface area contributed by atoms with E-state index >= 15 is 0 Å². The quantitative estimate of drug-likeness (QED) is 0.434. The molecule has 1 saturated heterocycles. The van der Waals surface area contributed by atoms with Crippen LogP contribution in [0.4, 0.5) is 4.39 Å². The number of hydrogen-bond acceptors (Lipinski definition) is 5. The van der Waals surface area contributed by atoms with Crippen LogP contribution in [0, 0.1) is 12.7 Å². The van der Waals surface area contributed by atoms with E-state index in [0.29, 0.717) is 36.2 Å². The third kappa shape index (κ3) is 4.04. The molecule has 0 spiro atoms. The van der Waals surface area contributed by atoms with E-state index in [1.807, 2.05) is 24.9 Å². The maximum Gasteiger partial charge on any atom is 0.339 e. The van der Waals surface area contributed by atoms with Gasteiger partial charge in [0.05, 0.1) is 6.26 Å². The highest BCUT2D eigenvalue weighted by atomic mass is 19.1. The number of fused-ring (bicyclic) bond motifs is 2. The van der Waals surface area contributed by atoms with Gasteiger partial charge in [-0.15, -0.1) is 0 Å². The van der Waals surface area contributed by atoms with Crippen LogP contribution in [0.2, 0.25) is 0 Å². The highest BCUT2D eigenvalue weighted by Gasteiger charge is 2.21. The normalized spacial score (nSPS) is 14.9. The highest BCUT2D eigenvalue weighted by molar-refractivity contribution is 6.02. The molecule has 0 bridgehead atoms. The number of benzene rings is 2. The summed E-state index contributed by atoms with van der Waals surface area (Å²) >= 11 is 0. The lowest BCUT2D eigenvalue weighted by Gasteiger charge is -2.32. The van der Waals surface area contributed by atoms with Crippen molar-refractivity contribution < 1.29 is 18.0 Å². The van der Waals surface area contributed by atoms with Crippen molar-refractivity contribution in [3.05, 3.63) is 70.0 Å². The van der Waals surface area contributed by atoms with Crippen LogP contribution in [0.15, 0.2) is 56.3 Å². The van der Waals surface area contributed by atoms with E-state index in [0.717, 1.165) is 40.6 Å². The van der Waals surface area contributed by atoms with Crippen molar-refractivity contribution >= 4 is 27.8 Å². The van der Waals surface area contributed by atoms with Crippen LogP contribution in [0.3, 0.4) is 0 Å². The Bertz CT molecular complexity index is 1400. The van der Waals surface area contributed by atoms with Gasteiger partial charge in [0.2, 0.25) is 5.91 Å². The molecule has 2 aromatic heterocycles. The number of likely N-dealkylation sites (N-methyl/N-ethyl adjacent to an activating group) is 1. The molecule has 7 heteroatoms. The van der Waals surface area contributed by atoms with E-state index in [1.54, 1.807) is 24.5 Å². The smallest absolute Gasteiger partial charge is 0.339 e. The summed E-state index contributed by atoms with van der Waals surface area (Å²) in [7, 11) is 2.05. The van der Waals surface area contributed by atoms with Gasteiger partial charge in [0, 0.05) is 60.6 Å². The number of amides is 1. The van der Waals surface area contributed by atoms with E-state index in [9.17, 15) is 14.0 Å². The first-order valence-electron chi connectivity index (χ1n) is 11.1. The first-order chi connectivity index (χ1) is 15.9. The van der Waals surface area contributed by atoms with E-state index in [4.69, 9.17) is 8.83 Å². The Morgan fingerprint density at radius 1 is 1.03 bits per heavy atom. The molecule has 1 fully saturated rings. The summed E-state index contributed by atoms with van der Waals surface area (Å²) in [4.78, 5) is 29.4. The third-order valence-corrected chi connectivity index (χ3v) is 6.58. The summed E-state index contributed by atoms with van der Waals surface area (Å²) in [6, 6.07) is 9.89. The van der Waals surface area contributed by atoms with Crippen LogP contribution < -0.4 is 5.63 Å². The van der Waals surface area contributed by atoms with Crippen LogP contribution in [-0.4, -0.2) is 48.9 Å². The molecule has 4 aromatic rings.